The molecule has 0 spiro atoms. The Kier molecular flexibility index (Phi) is 3.66. The fourth-order valence-electron chi connectivity index (χ4n) is 1.53. The van der Waals surface area contributed by atoms with E-state index in [1.165, 1.54) is 24.3 Å². The quantitative estimate of drug-likeness (QED) is 0.510. The van der Waals surface area contributed by atoms with Crippen LogP contribution in [0.1, 0.15) is 0 Å². The Bertz CT molecular complexity index is 629. The topological polar surface area (TPSA) is 81.2 Å². The van der Waals surface area contributed by atoms with E-state index in [0.29, 0.717) is 10.2 Å². The number of non-ortho nitro benzene ring substituents is 1. The molecule has 2 rings (SSSR count). The van der Waals surface area contributed by atoms with Gasteiger partial charge in [-0.25, -0.2) is 4.39 Å². The largest absolute Gasteiger partial charge is 0.397 e. The molecule has 19 heavy (non-hydrogen) atoms. The fraction of sp³-hybridized carbons (Fsp3) is 0. The van der Waals surface area contributed by atoms with Crippen molar-refractivity contribution in [3.63, 3.8) is 0 Å². The van der Waals surface area contributed by atoms with Crippen molar-refractivity contribution < 1.29 is 9.31 Å². The molecule has 5 nitrogen and oxygen atoms in total. The van der Waals surface area contributed by atoms with E-state index in [1.807, 2.05) is 0 Å². The average Bonchev–Trinajstić information content (AvgIpc) is 2.35. The highest BCUT2D eigenvalue weighted by Crippen LogP contribution is 2.32. The summed E-state index contributed by atoms with van der Waals surface area (Å²) in [7, 11) is 0. The molecule has 0 amide bonds. The molecule has 0 unspecified atom stereocenters. The lowest BCUT2D eigenvalue weighted by molar-refractivity contribution is -0.384. The van der Waals surface area contributed by atoms with Crippen LogP contribution in [0.15, 0.2) is 40.9 Å². The van der Waals surface area contributed by atoms with Crippen LogP contribution in [0, 0.1) is 15.9 Å². The molecule has 7 heteroatoms. The smallest absolute Gasteiger partial charge is 0.271 e. The molecule has 98 valence electrons. The predicted molar refractivity (Wildman–Crippen MR) is 74.9 cm³/mol. The Labute approximate surface area is 116 Å². The molecule has 3 N–H and O–H groups in total. The second-order valence-electron chi connectivity index (χ2n) is 3.75. The van der Waals surface area contributed by atoms with Crippen molar-refractivity contribution in [2.24, 2.45) is 0 Å². The summed E-state index contributed by atoms with van der Waals surface area (Å²) in [6.07, 6.45) is 0. The van der Waals surface area contributed by atoms with Gasteiger partial charge in [-0.1, -0.05) is 6.07 Å². The van der Waals surface area contributed by atoms with Crippen LogP contribution in [-0.4, -0.2) is 4.92 Å². The minimum atomic E-state index is -0.543. The molecule has 2 aromatic carbocycles. The van der Waals surface area contributed by atoms with Crippen molar-refractivity contribution in [2.45, 2.75) is 0 Å². The average molecular weight is 326 g/mol. The van der Waals surface area contributed by atoms with E-state index >= 15 is 0 Å². The lowest BCUT2D eigenvalue weighted by Gasteiger charge is -2.11. The lowest BCUT2D eigenvalue weighted by Crippen LogP contribution is -2.00. The van der Waals surface area contributed by atoms with Gasteiger partial charge in [-0.2, -0.15) is 0 Å². The molecular formula is C12H9BrFN3O2. The highest BCUT2D eigenvalue weighted by molar-refractivity contribution is 9.10. The SMILES string of the molecule is Nc1cc([N+](=O)[O-])ccc1Nc1c(F)cccc1Br. The number of nitrogens with zero attached hydrogens (tertiary/aromatic N) is 1. The Morgan fingerprint density at radius 3 is 2.63 bits per heavy atom. The molecule has 0 radical (unpaired) electrons. The number of halogens is 2. The number of anilines is 3. The highest BCUT2D eigenvalue weighted by atomic mass is 79.9. The van der Waals surface area contributed by atoms with Crippen molar-refractivity contribution in [2.75, 3.05) is 11.1 Å². The molecule has 0 aromatic heterocycles. The monoisotopic (exact) mass is 325 g/mol. The molecule has 0 bridgehead atoms. The number of nitrogens with one attached hydrogen (secondary N) is 1. The zero-order chi connectivity index (χ0) is 14.0. The summed E-state index contributed by atoms with van der Waals surface area (Å²) >= 11 is 3.22. The van der Waals surface area contributed by atoms with Crippen LogP contribution in [0.2, 0.25) is 0 Å². The zero-order valence-electron chi connectivity index (χ0n) is 9.56. The molecule has 0 fully saturated rings. The van der Waals surface area contributed by atoms with E-state index < -0.39 is 10.7 Å². The van der Waals surface area contributed by atoms with Crippen molar-refractivity contribution >= 4 is 38.7 Å². The van der Waals surface area contributed by atoms with Crippen molar-refractivity contribution in [3.8, 4) is 0 Å². The van der Waals surface area contributed by atoms with Crippen LogP contribution >= 0.6 is 15.9 Å². The first-order valence-corrected chi connectivity index (χ1v) is 6.03. The maximum absolute atomic E-state index is 13.6. The molecule has 0 aliphatic carbocycles. The molecule has 0 atom stereocenters. The first-order valence-electron chi connectivity index (χ1n) is 5.24. The van der Waals surface area contributed by atoms with E-state index in [2.05, 4.69) is 21.2 Å². The summed E-state index contributed by atoms with van der Waals surface area (Å²) in [5.74, 6) is -0.452. The third-order valence-electron chi connectivity index (χ3n) is 2.47. The van der Waals surface area contributed by atoms with Crippen molar-refractivity contribution in [1.82, 2.24) is 0 Å². The lowest BCUT2D eigenvalue weighted by atomic mass is 10.2. The molecular weight excluding hydrogens is 317 g/mol. The van der Waals surface area contributed by atoms with Crippen molar-refractivity contribution in [1.29, 1.82) is 0 Å². The van der Waals surface area contributed by atoms with Crippen LogP contribution in [0.25, 0.3) is 0 Å². The van der Waals surface area contributed by atoms with Crippen LogP contribution in [0.4, 0.5) is 27.1 Å². The summed E-state index contributed by atoms with van der Waals surface area (Å²) in [5, 5.41) is 13.4. The summed E-state index contributed by atoms with van der Waals surface area (Å²) in [5.41, 5.74) is 6.38. The van der Waals surface area contributed by atoms with E-state index in [4.69, 9.17) is 5.73 Å². The van der Waals surface area contributed by atoms with Gasteiger partial charge in [-0.15, -0.1) is 0 Å². The summed E-state index contributed by atoms with van der Waals surface area (Å²) in [6, 6.07) is 8.49. The highest BCUT2D eigenvalue weighted by Gasteiger charge is 2.11. The van der Waals surface area contributed by atoms with Gasteiger partial charge >= 0.3 is 0 Å². The van der Waals surface area contributed by atoms with Gasteiger partial charge in [0.2, 0.25) is 0 Å². The minimum Gasteiger partial charge on any atom is -0.397 e. The molecule has 0 saturated heterocycles. The van der Waals surface area contributed by atoms with E-state index in [9.17, 15) is 14.5 Å². The maximum Gasteiger partial charge on any atom is 0.271 e. The number of nitro benzene ring substituents is 1. The second kappa shape index (κ2) is 5.23. The summed E-state index contributed by atoms with van der Waals surface area (Å²) in [4.78, 5) is 10.1. The number of para-hydroxylation sites is 1. The Morgan fingerprint density at radius 2 is 2.05 bits per heavy atom. The number of rotatable bonds is 3. The first-order chi connectivity index (χ1) is 8.99. The fourth-order valence-corrected chi connectivity index (χ4v) is 1.97. The summed E-state index contributed by atoms with van der Waals surface area (Å²) < 4.78 is 14.2. The minimum absolute atomic E-state index is 0.115. The summed E-state index contributed by atoms with van der Waals surface area (Å²) in [6.45, 7) is 0. The molecule has 0 saturated carbocycles. The number of nitrogen functional groups attached to an aromatic ring is 1. The van der Waals surface area contributed by atoms with Crippen LogP contribution < -0.4 is 11.1 Å². The van der Waals surface area contributed by atoms with Gasteiger partial charge in [0, 0.05) is 16.6 Å². The Morgan fingerprint density at radius 1 is 1.32 bits per heavy atom. The van der Waals surface area contributed by atoms with Gasteiger partial charge in [0.15, 0.2) is 0 Å². The number of hydrogen-bond acceptors (Lipinski definition) is 4. The molecule has 0 aliphatic heterocycles. The maximum atomic E-state index is 13.6. The number of nitrogens with two attached hydrogens (primary N) is 1. The molecule has 2 aromatic rings. The van der Waals surface area contributed by atoms with E-state index in [1.54, 1.807) is 12.1 Å². The van der Waals surface area contributed by atoms with Gasteiger partial charge in [-0.3, -0.25) is 10.1 Å². The van der Waals surface area contributed by atoms with Crippen molar-refractivity contribution in [3.05, 3.63) is 56.8 Å². The number of hydrogen-bond donors (Lipinski definition) is 2. The molecule has 0 aliphatic rings. The predicted octanol–water partition coefficient (Wildman–Crippen LogP) is 3.82. The van der Waals surface area contributed by atoms with Gasteiger partial charge in [0.05, 0.1) is 22.0 Å². The molecule has 0 heterocycles. The Balaban J connectivity index is 2.36. The van der Waals surface area contributed by atoms with Crippen LogP contribution in [0.3, 0.4) is 0 Å². The van der Waals surface area contributed by atoms with Gasteiger partial charge in [0.1, 0.15) is 5.82 Å². The van der Waals surface area contributed by atoms with Gasteiger partial charge < -0.3 is 11.1 Å². The standard InChI is InChI=1S/C12H9BrFN3O2/c13-8-2-1-3-9(14)12(8)16-11-5-4-7(17(18)19)6-10(11)15/h1-6,16H,15H2. The third kappa shape index (κ3) is 2.82. The first kappa shape index (κ1) is 13.3. The van der Waals surface area contributed by atoms with E-state index in [0.717, 1.165) is 0 Å². The second-order valence-corrected chi connectivity index (χ2v) is 4.60. The normalized spacial score (nSPS) is 10.2. The van der Waals surface area contributed by atoms with Gasteiger partial charge in [0.25, 0.3) is 5.69 Å². The third-order valence-corrected chi connectivity index (χ3v) is 3.13. The van der Waals surface area contributed by atoms with Crippen LogP contribution in [-0.2, 0) is 0 Å². The van der Waals surface area contributed by atoms with Gasteiger partial charge in [-0.05, 0) is 34.1 Å². The Hall–Kier alpha value is -2.15. The number of nitro groups is 1. The zero-order valence-corrected chi connectivity index (χ0v) is 11.1. The van der Waals surface area contributed by atoms with Crippen LogP contribution in [0.5, 0.6) is 0 Å². The number of benzene rings is 2. The van der Waals surface area contributed by atoms with E-state index in [-0.39, 0.29) is 17.1 Å².